The Bertz CT molecular complexity index is 817. The number of aryl methyl sites for hydroxylation is 1. The monoisotopic (exact) mass is 361 g/mol. The lowest BCUT2D eigenvalue weighted by Gasteiger charge is -2.14. The van der Waals surface area contributed by atoms with Gasteiger partial charge in [-0.05, 0) is 36.1 Å². The molecule has 0 saturated heterocycles. The quantitative estimate of drug-likeness (QED) is 0.712. The van der Waals surface area contributed by atoms with Crippen LogP contribution < -0.4 is 5.32 Å². The zero-order valence-corrected chi connectivity index (χ0v) is 14.6. The van der Waals surface area contributed by atoms with Gasteiger partial charge in [-0.1, -0.05) is 35.0 Å². The van der Waals surface area contributed by atoms with Gasteiger partial charge in [0, 0.05) is 17.9 Å². The number of thiophene rings is 1. The molecule has 124 valence electrons. The molecule has 0 bridgehead atoms. The summed E-state index contributed by atoms with van der Waals surface area (Å²) >= 11 is 7.52. The second-order valence-corrected chi connectivity index (χ2v) is 6.72. The van der Waals surface area contributed by atoms with Gasteiger partial charge in [0.25, 0.3) is 0 Å². The highest BCUT2D eigenvalue weighted by molar-refractivity contribution is 7.13. The molecule has 7 heteroatoms. The lowest BCUT2D eigenvalue weighted by molar-refractivity contribution is -0.121. The van der Waals surface area contributed by atoms with E-state index in [9.17, 15) is 4.79 Å². The highest BCUT2D eigenvalue weighted by Gasteiger charge is 2.13. The van der Waals surface area contributed by atoms with Crippen LogP contribution in [-0.4, -0.2) is 16.0 Å². The van der Waals surface area contributed by atoms with Gasteiger partial charge in [-0.25, -0.2) is 0 Å². The summed E-state index contributed by atoms with van der Waals surface area (Å²) < 4.78 is 5.19. The summed E-state index contributed by atoms with van der Waals surface area (Å²) in [6, 6.07) is 11.2. The third kappa shape index (κ3) is 4.21. The highest BCUT2D eigenvalue weighted by Crippen LogP contribution is 2.21. The molecule has 0 fully saturated rings. The predicted molar refractivity (Wildman–Crippen MR) is 93.9 cm³/mol. The highest BCUT2D eigenvalue weighted by atomic mass is 35.5. The first kappa shape index (κ1) is 16.7. The zero-order chi connectivity index (χ0) is 16.9. The lowest BCUT2D eigenvalue weighted by Crippen LogP contribution is -2.26. The second kappa shape index (κ2) is 7.59. The summed E-state index contributed by atoms with van der Waals surface area (Å²) in [5, 5.41) is 9.48. The molecule has 1 atom stereocenters. The summed E-state index contributed by atoms with van der Waals surface area (Å²) in [6.07, 6.45) is 0.698. The zero-order valence-electron chi connectivity index (χ0n) is 13.0. The molecule has 2 aromatic heterocycles. The fourth-order valence-corrected chi connectivity index (χ4v) is 3.10. The number of nitrogens with one attached hydrogen (secondary N) is 1. The van der Waals surface area contributed by atoms with E-state index in [0.717, 1.165) is 10.4 Å². The van der Waals surface area contributed by atoms with E-state index in [2.05, 4.69) is 15.5 Å². The van der Waals surface area contributed by atoms with Crippen LogP contribution in [0, 0.1) is 0 Å². The molecule has 5 nitrogen and oxygen atoms in total. The SMILES string of the molecule is CC(NC(=O)CCc1nc(-c2cccs2)no1)c1cccc(Cl)c1. The largest absolute Gasteiger partial charge is 0.350 e. The number of hydrogen-bond donors (Lipinski definition) is 1. The van der Waals surface area contributed by atoms with Gasteiger partial charge in [-0.3, -0.25) is 4.79 Å². The lowest BCUT2D eigenvalue weighted by atomic mass is 10.1. The van der Waals surface area contributed by atoms with Crippen LogP contribution in [0.2, 0.25) is 5.02 Å². The standard InChI is InChI=1S/C17H16ClN3O2S/c1-11(12-4-2-5-13(18)10-12)19-15(22)7-8-16-20-17(21-23-16)14-6-3-9-24-14/h2-6,9-11H,7-8H2,1H3,(H,19,22). The molecule has 3 rings (SSSR count). The molecule has 0 aliphatic heterocycles. The number of carbonyl (C=O) groups excluding carboxylic acids is 1. The predicted octanol–water partition coefficient (Wildman–Crippen LogP) is 4.26. The van der Waals surface area contributed by atoms with Crippen LogP contribution >= 0.6 is 22.9 Å². The minimum atomic E-state index is -0.111. The summed E-state index contributed by atoms with van der Waals surface area (Å²) in [7, 11) is 0. The van der Waals surface area contributed by atoms with Crippen molar-refractivity contribution in [2.24, 2.45) is 0 Å². The number of aromatic nitrogens is 2. The van der Waals surface area contributed by atoms with E-state index in [4.69, 9.17) is 16.1 Å². The smallest absolute Gasteiger partial charge is 0.227 e. The Balaban J connectivity index is 1.52. The average Bonchev–Trinajstić information content (AvgIpc) is 3.24. The molecule has 1 aromatic carbocycles. The van der Waals surface area contributed by atoms with Crippen LogP contribution in [-0.2, 0) is 11.2 Å². The van der Waals surface area contributed by atoms with E-state index in [0.29, 0.717) is 23.2 Å². The number of carbonyl (C=O) groups is 1. The average molecular weight is 362 g/mol. The van der Waals surface area contributed by atoms with Crippen molar-refractivity contribution in [3.05, 3.63) is 58.3 Å². The van der Waals surface area contributed by atoms with Crippen molar-refractivity contribution in [3.63, 3.8) is 0 Å². The molecule has 24 heavy (non-hydrogen) atoms. The molecule has 1 unspecified atom stereocenters. The molecule has 0 radical (unpaired) electrons. The molecule has 2 heterocycles. The Morgan fingerprint density at radius 2 is 2.25 bits per heavy atom. The second-order valence-electron chi connectivity index (χ2n) is 5.33. The molecule has 3 aromatic rings. The molecule has 1 N–H and O–H groups in total. The van der Waals surface area contributed by atoms with Gasteiger partial charge in [0.05, 0.1) is 10.9 Å². The normalized spacial score (nSPS) is 12.1. The Kier molecular flexibility index (Phi) is 5.27. The van der Waals surface area contributed by atoms with Gasteiger partial charge in [0.15, 0.2) is 0 Å². The van der Waals surface area contributed by atoms with E-state index in [1.54, 1.807) is 17.4 Å². The number of halogens is 1. The molecular formula is C17H16ClN3O2S. The maximum absolute atomic E-state index is 12.1. The van der Waals surface area contributed by atoms with Crippen molar-refractivity contribution in [2.45, 2.75) is 25.8 Å². The van der Waals surface area contributed by atoms with Gasteiger partial charge < -0.3 is 9.84 Å². The van der Waals surface area contributed by atoms with E-state index < -0.39 is 0 Å². The third-order valence-corrected chi connectivity index (χ3v) is 4.60. The first-order valence-corrected chi connectivity index (χ1v) is 8.79. The first-order valence-electron chi connectivity index (χ1n) is 7.53. The minimum Gasteiger partial charge on any atom is -0.350 e. The Hall–Kier alpha value is -2.18. The maximum atomic E-state index is 12.1. The van der Waals surface area contributed by atoms with Gasteiger partial charge in [0.1, 0.15) is 0 Å². The summed E-state index contributed by atoms with van der Waals surface area (Å²) in [5.74, 6) is 0.954. The summed E-state index contributed by atoms with van der Waals surface area (Å²) in [5.41, 5.74) is 0.966. The number of amides is 1. The van der Waals surface area contributed by atoms with Gasteiger partial charge in [0.2, 0.25) is 17.6 Å². The minimum absolute atomic E-state index is 0.0710. The topological polar surface area (TPSA) is 68.0 Å². The molecule has 0 aliphatic rings. The Labute approximate surface area is 148 Å². The van der Waals surface area contributed by atoms with Gasteiger partial charge >= 0.3 is 0 Å². The molecular weight excluding hydrogens is 346 g/mol. The number of nitrogens with zero attached hydrogens (tertiary/aromatic N) is 2. The van der Waals surface area contributed by atoms with Crippen LogP contribution in [0.15, 0.2) is 46.3 Å². The van der Waals surface area contributed by atoms with Crippen molar-refractivity contribution in [1.29, 1.82) is 0 Å². The van der Waals surface area contributed by atoms with Crippen LogP contribution in [0.4, 0.5) is 0 Å². The van der Waals surface area contributed by atoms with Crippen molar-refractivity contribution >= 4 is 28.8 Å². The molecule has 1 amide bonds. The number of hydrogen-bond acceptors (Lipinski definition) is 5. The third-order valence-electron chi connectivity index (χ3n) is 3.50. The summed E-state index contributed by atoms with van der Waals surface area (Å²) in [6.45, 7) is 1.92. The van der Waals surface area contributed by atoms with Crippen LogP contribution in [0.5, 0.6) is 0 Å². The van der Waals surface area contributed by atoms with Crippen molar-refractivity contribution in [2.75, 3.05) is 0 Å². The maximum Gasteiger partial charge on any atom is 0.227 e. The number of benzene rings is 1. The van der Waals surface area contributed by atoms with E-state index in [-0.39, 0.29) is 18.4 Å². The summed E-state index contributed by atoms with van der Waals surface area (Å²) in [4.78, 5) is 17.3. The van der Waals surface area contributed by atoms with Crippen molar-refractivity contribution < 1.29 is 9.32 Å². The van der Waals surface area contributed by atoms with Gasteiger partial charge in [-0.15, -0.1) is 11.3 Å². The Morgan fingerprint density at radius 1 is 1.38 bits per heavy atom. The molecule has 0 spiro atoms. The van der Waals surface area contributed by atoms with Gasteiger partial charge in [-0.2, -0.15) is 4.98 Å². The van der Waals surface area contributed by atoms with E-state index in [1.807, 2.05) is 42.6 Å². The van der Waals surface area contributed by atoms with Crippen LogP contribution in [0.1, 0.15) is 30.8 Å². The van der Waals surface area contributed by atoms with E-state index >= 15 is 0 Å². The molecule has 0 saturated carbocycles. The van der Waals surface area contributed by atoms with Crippen molar-refractivity contribution in [3.8, 4) is 10.7 Å². The van der Waals surface area contributed by atoms with Crippen molar-refractivity contribution in [1.82, 2.24) is 15.5 Å². The Morgan fingerprint density at radius 3 is 3.00 bits per heavy atom. The van der Waals surface area contributed by atoms with Crippen LogP contribution in [0.25, 0.3) is 10.7 Å². The van der Waals surface area contributed by atoms with E-state index in [1.165, 1.54) is 0 Å². The fraction of sp³-hybridized carbons (Fsp3) is 0.235. The number of rotatable bonds is 6. The fourth-order valence-electron chi connectivity index (χ4n) is 2.26. The van der Waals surface area contributed by atoms with Crippen LogP contribution in [0.3, 0.4) is 0 Å². The first-order chi connectivity index (χ1) is 11.6. The molecule has 0 aliphatic carbocycles.